The van der Waals surface area contributed by atoms with Crippen LogP contribution in [0.3, 0.4) is 0 Å². The summed E-state index contributed by atoms with van der Waals surface area (Å²) in [5.74, 6) is 1.39. The highest BCUT2D eigenvalue weighted by Gasteiger charge is 2.39. The standard InChI is InChI=1S/C39H52F3N7O3/c1-5-25-22-45-36(33(34(25)43)35(44)26-6-10-31(11-7-26)51-32-12-8-27(9-13-32)39(40,41)42)46-28-14-18-47(19-15-28)29-16-20-48(21-17-29)30-23-49(24-30)37(50)52-38(2,3)4/h6-13,22,25,28-30,34H,5,14-21,23-24,43-44H2,1-4H3. The molecule has 0 spiro atoms. The molecule has 1 amide bonds. The molecule has 2 atom stereocenters. The summed E-state index contributed by atoms with van der Waals surface area (Å²) in [6, 6.07) is 12.4. The van der Waals surface area contributed by atoms with E-state index in [0.717, 1.165) is 94.6 Å². The van der Waals surface area contributed by atoms with Crippen molar-refractivity contribution in [3.63, 3.8) is 0 Å². The number of nitrogens with two attached hydrogens (primary N) is 2. The molecule has 52 heavy (non-hydrogen) atoms. The lowest BCUT2D eigenvalue weighted by Crippen LogP contribution is -2.63. The molecule has 0 bridgehead atoms. The molecule has 3 fully saturated rings. The van der Waals surface area contributed by atoms with Gasteiger partial charge in [-0.25, -0.2) is 9.79 Å². The van der Waals surface area contributed by atoms with E-state index in [-0.39, 0.29) is 24.1 Å². The summed E-state index contributed by atoms with van der Waals surface area (Å²) in [5, 5.41) is 0. The van der Waals surface area contributed by atoms with E-state index in [1.54, 1.807) is 17.0 Å². The number of likely N-dealkylation sites (tertiary alicyclic amines) is 3. The third-order valence-electron chi connectivity index (χ3n) is 10.6. The quantitative estimate of drug-likeness (QED) is 0.332. The first-order chi connectivity index (χ1) is 24.7. The van der Waals surface area contributed by atoms with E-state index in [9.17, 15) is 18.0 Å². The third-order valence-corrected chi connectivity index (χ3v) is 10.6. The molecule has 2 aromatic carbocycles. The Labute approximate surface area is 304 Å². The lowest BCUT2D eigenvalue weighted by atomic mass is 9.86. The zero-order valence-corrected chi connectivity index (χ0v) is 30.6. The molecule has 4 N–H and O–H groups in total. The molecule has 282 valence electrons. The second kappa shape index (κ2) is 15.6. The topological polar surface area (TPSA) is 122 Å². The number of piperidine rings is 2. The van der Waals surface area contributed by atoms with E-state index in [4.69, 9.17) is 30.9 Å². The number of aliphatic imine (C=N–C) groups is 2. The Balaban J connectivity index is 1.04. The highest BCUT2D eigenvalue weighted by atomic mass is 19.4. The van der Waals surface area contributed by atoms with E-state index in [1.165, 1.54) is 12.1 Å². The number of nitrogens with zero attached hydrogens (tertiary/aromatic N) is 5. The summed E-state index contributed by atoms with van der Waals surface area (Å²) in [6.07, 6.45) is 2.20. The SMILES string of the molecule is CCC1C=NC(=NC2CCN(C3CCN(C4CN(C(=O)OC(C)(C)C)C4)CC3)CC2)C(=C(N)c2ccc(Oc3ccc(C(F)(F)F)cc3)cc2)C1N. The summed E-state index contributed by atoms with van der Waals surface area (Å²) >= 11 is 0. The zero-order chi connectivity index (χ0) is 37.2. The van der Waals surface area contributed by atoms with Crippen molar-refractivity contribution in [3.8, 4) is 11.5 Å². The lowest BCUT2D eigenvalue weighted by molar-refractivity contribution is -0.137. The van der Waals surface area contributed by atoms with Crippen LogP contribution in [0.25, 0.3) is 5.70 Å². The summed E-state index contributed by atoms with van der Waals surface area (Å²) in [7, 11) is 0. The van der Waals surface area contributed by atoms with Crippen LogP contribution in [-0.2, 0) is 10.9 Å². The van der Waals surface area contributed by atoms with Crippen LogP contribution in [0.4, 0.5) is 18.0 Å². The van der Waals surface area contributed by atoms with Crippen molar-refractivity contribution in [1.82, 2.24) is 14.7 Å². The first kappa shape index (κ1) is 37.8. The highest BCUT2D eigenvalue weighted by molar-refractivity contribution is 6.11. The Hall–Kier alpha value is -3.94. The number of amidine groups is 1. The predicted octanol–water partition coefficient (Wildman–Crippen LogP) is 6.55. The number of alkyl halides is 3. The largest absolute Gasteiger partial charge is 0.457 e. The Morgan fingerprint density at radius 1 is 0.885 bits per heavy atom. The smallest absolute Gasteiger partial charge is 0.416 e. The van der Waals surface area contributed by atoms with Gasteiger partial charge in [-0.3, -0.25) is 9.89 Å². The van der Waals surface area contributed by atoms with Gasteiger partial charge in [0, 0.05) is 80.8 Å². The minimum absolute atomic E-state index is 0.0304. The van der Waals surface area contributed by atoms with Gasteiger partial charge in [0.15, 0.2) is 5.84 Å². The summed E-state index contributed by atoms with van der Waals surface area (Å²) in [6.45, 7) is 13.3. The van der Waals surface area contributed by atoms with Crippen molar-refractivity contribution in [1.29, 1.82) is 0 Å². The number of hydrogen-bond donors (Lipinski definition) is 2. The number of carbonyl (C=O) groups excluding carboxylic acids is 1. The van der Waals surface area contributed by atoms with Gasteiger partial charge in [0.2, 0.25) is 0 Å². The second-order valence-electron chi connectivity index (χ2n) is 15.4. The van der Waals surface area contributed by atoms with Crippen LogP contribution in [-0.4, -0.2) is 102 Å². The number of benzene rings is 2. The van der Waals surface area contributed by atoms with E-state index in [1.807, 2.05) is 39.1 Å². The molecule has 10 nitrogen and oxygen atoms in total. The van der Waals surface area contributed by atoms with Gasteiger partial charge in [-0.1, -0.05) is 6.92 Å². The zero-order valence-electron chi connectivity index (χ0n) is 30.6. The van der Waals surface area contributed by atoms with Crippen LogP contribution in [0.15, 0.2) is 64.1 Å². The van der Waals surface area contributed by atoms with Gasteiger partial charge >= 0.3 is 12.3 Å². The number of carbonyl (C=O) groups is 1. The number of halogens is 3. The number of ether oxygens (including phenoxy) is 2. The minimum Gasteiger partial charge on any atom is -0.457 e. The number of rotatable bonds is 7. The molecule has 13 heteroatoms. The van der Waals surface area contributed by atoms with Gasteiger partial charge in [0.1, 0.15) is 17.1 Å². The molecular formula is C39H52F3N7O3. The first-order valence-corrected chi connectivity index (χ1v) is 18.5. The van der Waals surface area contributed by atoms with E-state index in [0.29, 0.717) is 35.1 Å². The second-order valence-corrected chi connectivity index (χ2v) is 15.4. The van der Waals surface area contributed by atoms with Gasteiger partial charge in [0.05, 0.1) is 11.6 Å². The molecule has 4 aliphatic heterocycles. The average molecular weight is 724 g/mol. The fraction of sp³-hybridized carbons (Fsp3) is 0.564. The maximum atomic E-state index is 12.9. The Morgan fingerprint density at radius 2 is 1.44 bits per heavy atom. The molecule has 0 aromatic heterocycles. The highest BCUT2D eigenvalue weighted by Crippen LogP contribution is 2.33. The van der Waals surface area contributed by atoms with Crippen LogP contribution in [0.2, 0.25) is 0 Å². The molecule has 2 unspecified atom stereocenters. The fourth-order valence-corrected chi connectivity index (χ4v) is 7.49. The van der Waals surface area contributed by atoms with Gasteiger partial charge in [-0.05, 0) is 107 Å². The lowest BCUT2D eigenvalue weighted by Gasteiger charge is -2.49. The summed E-state index contributed by atoms with van der Waals surface area (Å²) in [5.41, 5.74) is 14.4. The van der Waals surface area contributed by atoms with Crippen LogP contribution >= 0.6 is 0 Å². The van der Waals surface area contributed by atoms with Crippen molar-refractivity contribution in [2.45, 2.75) is 95.7 Å². The van der Waals surface area contributed by atoms with E-state index in [2.05, 4.69) is 16.7 Å². The van der Waals surface area contributed by atoms with Crippen LogP contribution in [0, 0.1) is 5.92 Å². The van der Waals surface area contributed by atoms with Gasteiger partial charge in [-0.2, -0.15) is 13.2 Å². The molecule has 3 saturated heterocycles. The Morgan fingerprint density at radius 3 is 2.00 bits per heavy atom. The van der Waals surface area contributed by atoms with Gasteiger partial charge in [-0.15, -0.1) is 0 Å². The van der Waals surface area contributed by atoms with Crippen molar-refractivity contribution in [2.24, 2.45) is 27.4 Å². The molecule has 0 saturated carbocycles. The molecule has 0 radical (unpaired) electrons. The van der Waals surface area contributed by atoms with Crippen molar-refractivity contribution in [2.75, 3.05) is 39.3 Å². The maximum absolute atomic E-state index is 12.9. The minimum atomic E-state index is -4.41. The van der Waals surface area contributed by atoms with Crippen molar-refractivity contribution >= 4 is 23.8 Å². The third kappa shape index (κ3) is 8.98. The predicted molar refractivity (Wildman–Crippen MR) is 198 cm³/mol. The molecule has 0 aliphatic carbocycles. The molecular weight excluding hydrogens is 671 g/mol. The number of amides is 1. The van der Waals surface area contributed by atoms with Crippen LogP contribution in [0.5, 0.6) is 11.5 Å². The van der Waals surface area contributed by atoms with E-state index >= 15 is 0 Å². The fourth-order valence-electron chi connectivity index (χ4n) is 7.49. The number of hydrogen-bond acceptors (Lipinski definition) is 8. The molecule has 6 rings (SSSR count). The van der Waals surface area contributed by atoms with Gasteiger partial charge < -0.3 is 30.7 Å². The molecule has 4 heterocycles. The van der Waals surface area contributed by atoms with Crippen molar-refractivity contribution in [3.05, 3.63) is 65.2 Å². The van der Waals surface area contributed by atoms with Gasteiger partial charge in [0.25, 0.3) is 0 Å². The van der Waals surface area contributed by atoms with Crippen molar-refractivity contribution < 1.29 is 27.4 Å². The Kier molecular flexibility index (Phi) is 11.3. The normalized spacial score (nSPS) is 24.9. The maximum Gasteiger partial charge on any atom is 0.416 e. The van der Waals surface area contributed by atoms with Crippen LogP contribution < -0.4 is 16.2 Å². The van der Waals surface area contributed by atoms with E-state index < -0.39 is 17.3 Å². The molecule has 2 aromatic rings. The monoisotopic (exact) mass is 723 g/mol. The van der Waals surface area contributed by atoms with Crippen LogP contribution in [0.1, 0.15) is 70.9 Å². The summed E-state index contributed by atoms with van der Waals surface area (Å²) in [4.78, 5) is 29.2. The first-order valence-electron chi connectivity index (χ1n) is 18.5. The Bertz CT molecular complexity index is 1630. The summed E-state index contributed by atoms with van der Waals surface area (Å²) < 4.78 is 50.1. The average Bonchev–Trinajstić information content (AvgIpc) is 3.08. The molecule has 4 aliphatic rings.